The van der Waals surface area contributed by atoms with E-state index < -0.39 is 0 Å². The van der Waals surface area contributed by atoms with Crippen molar-refractivity contribution in [3.05, 3.63) is 56.7 Å². The number of guanidine groups is 1. The molecular weight excluding hydrogens is 398 g/mol. The van der Waals surface area contributed by atoms with Gasteiger partial charge in [0.2, 0.25) is 0 Å². The Morgan fingerprint density at radius 1 is 1.40 bits per heavy atom. The van der Waals surface area contributed by atoms with Crippen LogP contribution >= 0.6 is 27.3 Å². The lowest BCUT2D eigenvalue weighted by atomic mass is 10.1. The van der Waals surface area contributed by atoms with Crippen molar-refractivity contribution in [1.82, 2.24) is 10.2 Å². The molecule has 1 unspecified atom stereocenters. The third kappa shape index (κ3) is 5.56. The Bertz CT molecular complexity index is 689. The largest absolute Gasteiger partial charge is 0.376 e. The highest BCUT2D eigenvalue weighted by Crippen LogP contribution is 2.20. The summed E-state index contributed by atoms with van der Waals surface area (Å²) in [5.74, 6) is 1.55. The molecule has 6 heteroatoms. The van der Waals surface area contributed by atoms with E-state index in [1.54, 1.807) is 11.3 Å². The average molecular weight is 422 g/mol. The summed E-state index contributed by atoms with van der Waals surface area (Å²) in [6.45, 7) is 4.35. The summed E-state index contributed by atoms with van der Waals surface area (Å²) in [7, 11) is 1.85. The van der Waals surface area contributed by atoms with Gasteiger partial charge < -0.3 is 15.0 Å². The first-order valence-corrected chi connectivity index (χ1v) is 10.2. The predicted octanol–water partition coefficient (Wildman–Crippen LogP) is 4.12. The second kappa shape index (κ2) is 9.36. The maximum atomic E-state index is 5.91. The van der Waals surface area contributed by atoms with Crippen LogP contribution < -0.4 is 5.32 Å². The smallest absolute Gasteiger partial charge is 0.193 e. The molecular formula is C19H24BrN3OS. The van der Waals surface area contributed by atoms with Crippen molar-refractivity contribution in [3.63, 3.8) is 0 Å². The lowest BCUT2D eigenvalue weighted by Gasteiger charge is -2.21. The van der Waals surface area contributed by atoms with Crippen molar-refractivity contribution < 1.29 is 4.74 Å². The van der Waals surface area contributed by atoms with E-state index in [1.165, 1.54) is 10.4 Å². The fourth-order valence-corrected chi connectivity index (χ4v) is 4.41. The van der Waals surface area contributed by atoms with Crippen LogP contribution in [0.15, 0.2) is 51.2 Å². The molecule has 3 rings (SSSR count). The molecule has 0 bridgehead atoms. The second-order valence-corrected chi connectivity index (χ2v) is 8.14. The van der Waals surface area contributed by atoms with Gasteiger partial charge in [-0.05, 0) is 34.0 Å². The summed E-state index contributed by atoms with van der Waals surface area (Å²) in [6.07, 6.45) is 1.15. The number of hydrogen-bond acceptors (Lipinski definition) is 3. The van der Waals surface area contributed by atoms with Crippen LogP contribution in [0.4, 0.5) is 0 Å². The van der Waals surface area contributed by atoms with Crippen molar-refractivity contribution in [2.24, 2.45) is 10.9 Å². The number of thiophene rings is 1. The molecule has 0 aliphatic carbocycles. The molecule has 0 amide bonds. The van der Waals surface area contributed by atoms with Crippen LogP contribution in [0.1, 0.15) is 16.9 Å². The van der Waals surface area contributed by atoms with Crippen LogP contribution in [0.2, 0.25) is 0 Å². The van der Waals surface area contributed by atoms with Gasteiger partial charge >= 0.3 is 0 Å². The Hall–Kier alpha value is -1.37. The number of halogens is 1. The van der Waals surface area contributed by atoms with Gasteiger partial charge in [0.1, 0.15) is 0 Å². The molecule has 1 saturated heterocycles. The average Bonchev–Trinajstić information content (AvgIpc) is 3.26. The van der Waals surface area contributed by atoms with E-state index in [4.69, 9.17) is 4.74 Å². The van der Waals surface area contributed by atoms with Crippen molar-refractivity contribution in [2.45, 2.75) is 19.6 Å². The van der Waals surface area contributed by atoms with Crippen molar-refractivity contribution >= 4 is 33.2 Å². The summed E-state index contributed by atoms with van der Waals surface area (Å²) < 4.78 is 7.05. The van der Waals surface area contributed by atoms with Gasteiger partial charge in [-0.25, -0.2) is 0 Å². The number of likely N-dealkylation sites (tertiary alicyclic amines) is 1. The lowest BCUT2D eigenvalue weighted by molar-refractivity contribution is 0.0906. The van der Waals surface area contributed by atoms with E-state index in [0.29, 0.717) is 12.5 Å². The Morgan fingerprint density at radius 3 is 2.96 bits per heavy atom. The zero-order valence-corrected chi connectivity index (χ0v) is 16.9. The Labute approximate surface area is 162 Å². The first-order chi connectivity index (χ1) is 12.2. The summed E-state index contributed by atoms with van der Waals surface area (Å²) in [4.78, 5) is 8.07. The molecule has 0 spiro atoms. The molecule has 25 heavy (non-hydrogen) atoms. The van der Waals surface area contributed by atoms with E-state index in [1.807, 2.05) is 13.1 Å². The first kappa shape index (κ1) is 18.4. The minimum atomic E-state index is 0.568. The van der Waals surface area contributed by atoms with Gasteiger partial charge in [-0.3, -0.25) is 4.99 Å². The fraction of sp³-hybridized carbons (Fsp3) is 0.421. The summed E-state index contributed by atoms with van der Waals surface area (Å²) >= 11 is 5.25. The molecule has 1 N–H and O–H groups in total. The quantitative estimate of drug-likeness (QED) is 0.562. The van der Waals surface area contributed by atoms with Crippen molar-refractivity contribution in [3.8, 4) is 0 Å². The third-order valence-corrected chi connectivity index (χ3v) is 6.00. The molecule has 1 atom stereocenters. The SMILES string of the molecule is CN=C(NCc1cc(Br)cs1)N1CCC(COCc2ccccc2)C1. The lowest BCUT2D eigenvalue weighted by Crippen LogP contribution is -2.39. The Morgan fingerprint density at radius 2 is 2.24 bits per heavy atom. The van der Waals surface area contributed by atoms with Gasteiger partial charge in [-0.1, -0.05) is 30.3 Å². The van der Waals surface area contributed by atoms with Gasteiger partial charge in [0, 0.05) is 40.8 Å². The maximum absolute atomic E-state index is 5.91. The molecule has 0 saturated carbocycles. The Kier molecular flexibility index (Phi) is 6.90. The highest BCUT2D eigenvalue weighted by Gasteiger charge is 2.25. The van der Waals surface area contributed by atoms with E-state index in [0.717, 1.165) is 43.1 Å². The maximum Gasteiger partial charge on any atom is 0.193 e. The number of nitrogens with one attached hydrogen (secondary N) is 1. The minimum Gasteiger partial charge on any atom is -0.376 e. The van der Waals surface area contributed by atoms with Crippen LogP contribution in [0, 0.1) is 5.92 Å². The van der Waals surface area contributed by atoms with Crippen LogP contribution in [-0.2, 0) is 17.9 Å². The topological polar surface area (TPSA) is 36.9 Å². The summed E-state index contributed by atoms with van der Waals surface area (Å²) in [5.41, 5.74) is 1.23. The third-order valence-electron chi connectivity index (χ3n) is 4.30. The van der Waals surface area contributed by atoms with E-state index >= 15 is 0 Å². The second-order valence-electron chi connectivity index (χ2n) is 6.23. The molecule has 1 aromatic heterocycles. The summed E-state index contributed by atoms with van der Waals surface area (Å²) in [6, 6.07) is 12.5. The molecule has 1 aliphatic heterocycles. The molecule has 2 heterocycles. The van der Waals surface area contributed by atoms with E-state index in [-0.39, 0.29) is 0 Å². The fourth-order valence-electron chi connectivity index (χ4n) is 3.02. The monoisotopic (exact) mass is 421 g/mol. The zero-order valence-electron chi connectivity index (χ0n) is 14.5. The summed E-state index contributed by atoms with van der Waals surface area (Å²) in [5, 5.41) is 5.58. The number of nitrogens with zero attached hydrogens (tertiary/aromatic N) is 2. The normalized spacial score (nSPS) is 17.9. The van der Waals surface area contributed by atoms with Crippen LogP contribution in [0.3, 0.4) is 0 Å². The standard InChI is InChI=1S/C19H24BrN3OS/c1-21-19(22-10-18-9-17(20)14-25-18)23-8-7-16(11-23)13-24-12-15-5-3-2-4-6-15/h2-6,9,14,16H,7-8,10-13H2,1H3,(H,21,22). The predicted molar refractivity (Wildman–Crippen MR) is 108 cm³/mol. The number of benzene rings is 1. The highest BCUT2D eigenvalue weighted by molar-refractivity contribution is 9.10. The molecule has 0 radical (unpaired) electrons. The number of hydrogen-bond donors (Lipinski definition) is 1. The molecule has 2 aromatic rings. The van der Waals surface area contributed by atoms with Crippen LogP contribution in [-0.4, -0.2) is 37.6 Å². The van der Waals surface area contributed by atoms with Gasteiger partial charge in [0.05, 0.1) is 19.8 Å². The molecule has 1 fully saturated rings. The van der Waals surface area contributed by atoms with Crippen LogP contribution in [0.25, 0.3) is 0 Å². The van der Waals surface area contributed by atoms with Crippen molar-refractivity contribution in [2.75, 3.05) is 26.7 Å². The first-order valence-electron chi connectivity index (χ1n) is 8.55. The Balaban J connectivity index is 1.41. The zero-order chi connectivity index (χ0) is 17.5. The molecule has 1 aliphatic rings. The van der Waals surface area contributed by atoms with E-state index in [2.05, 4.69) is 66.9 Å². The molecule has 4 nitrogen and oxygen atoms in total. The number of aliphatic imine (C=N–C) groups is 1. The number of ether oxygens (including phenoxy) is 1. The van der Waals surface area contributed by atoms with Gasteiger partial charge in [-0.15, -0.1) is 11.3 Å². The van der Waals surface area contributed by atoms with Gasteiger partial charge in [-0.2, -0.15) is 0 Å². The molecule has 134 valence electrons. The minimum absolute atomic E-state index is 0.568. The van der Waals surface area contributed by atoms with Gasteiger partial charge in [0.25, 0.3) is 0 Å². The number of rotatable bonds is 6. The van der Waals surface area contributed by atoms with Crippen molar-refractivity contribution in [1.29, 1.82) is 0 Å². The highest BCUT2D eigenvalue weighted by atomic mass is 79.9. The van der Waals surface area contributed by atoms with Gasteiger partial charge in [0.15, 0.2) is 5.96 Å². The van der Waals surface area contributed by atoms with E-state index in [9.17, 15) is 0 Å². The van der Waals surface area contributed by atoms with Crippen LogP contribution in [0.5, 0.6) is 0 Å². The molecule has 1 aromatic carbocycles.